The van der Waals surface area contributed by atoms with E-state index in [2.05, 4.69) is 58.7 Å². The number of rotatable bonds is 7. The van der Waals surface area contributed by atoms with Gasteiger partial charge in [-0.3, -0.25) is 4.90 Å². The minimum absolute atomic E-state index is 0.537. The van der Waals surface area contributed by atoms with Gasteiger partial charge in [0.15, 0.2) is 0 Å². The van der Waals surface area contributed by atoms with Gasteiger partial charge in [-0.05, 0) is 35.6 Å². The molecule has 2 fully saturated rings. The first-order valence-corrected chi connectivity index (χ1v) is 9.60. The Morgan fingerprint density at radius 2 is 1.80 bits per heavy atom. The van der Waals surface area contributed by atoms with Crippen molar-refractivity contribution in [2.45, 2.75) is 31.9 Å². The maximum Gasteiger partial charge on any atom is 0.120 e. The van der Waals surface area contributed by atoms with Crippen molar-refractivity contribution in [3.05, 3.63) is 65.7 Å². The van der Waals surface area contributed by atoms with Crippen molar-refractivity contribution in [3.8, 4) is 5.75 Å². The standard InChI is InChI=1S/C22H28N2O/c1-2-5-19(6-3-1)17-25-21-8-4-7-20(16-21)22(15-18-9-10-18)24-13-11-23-12-14-24/h1-8,16,18,22-23H,9-15,17H2/t22-/m0/s1. The summed E-state index contributed by atoms with van der Waals surface area (Å²) in [6, 6.07) is 19.7. The van der Waals surface area contributed by atoms with Crippen LogP contribution < -0.4 is 10.1 Å². The number of piperazine rings is 1. The van der Waals surface area contributed by atoms with E-state index in [-0.39, 0.29) is 0 Å². The molecule has 0 unspecified atom stereocenters. The van der Waals surface area contributed by atoms with E-state index in [0.29, 0.717) is 12.6 Å². The molecule has 1 saturated heterocycles. The molecular formula is C22H28N2O. The Kier molecular flexibility index (Phi) is 5.34. The fraction of sp³-hybridized carbons (Fsp3) is 0.455. The van der Waals surface area contributed by atoms with Gasteiger partial charge in [-0.25, -0.2) is 0 Å². The number of benzene rings is 2. The molecule has 3 nitrogen and oxygen atoms in total. The number of nitrogens with zero attached hydrogens (tertiary/aromatic N) is 1. The van der Waals surface area contributed by atoms with Crippen LogP contribution in [0.2, 0.25) is 0 Å². The van der Waals surface area contributed by atoms with Crippen molar-refractivity contribution < 1.29 is 4.74 Å². The smallest absolute Gasteiger partial charge is 0.120 e. The van der Waals surface area contributed by atoms with E-state index in [1.165, 1.54) is 30.4 Å². The Hall–Kier alpha value is -1.84. The zero-order chi connectivity index (χ0) is 16.9. The van der Waals surface area contributed by atoms with Gasteiger partial charge in [0, 0.05) is 32.2 Å². The van der Waals surface area contributed by atoms with Crippen molar-refractivity contribution in [1.29, 1.82) is 0 Å². The van der Waals surface area contributed by atoms with Gasteiger partial charge in [0.2, 0.25) is 0 Å². The van der Waals surface area contributed by atoms with E-state index >= 15 is 0 Å². The number of hydrogen-bond acceptors (Lipinski definition) is 3. The van der Waals surface area contributed by atoms with Gasteiger partial charge in [-0.15, -0.1) is 0 Å². The predicted octanol–water partition coefficient (Wildman–Crippen LogP) is 4.01. The fourth-order valence-electron chi connectivity index (χ4n) is 3.71. The normalized spacial score (nSPS) is 19.5. The van der Waals surface area contributed by atoms with Crippen LogP contribution in [0, 0.1) is 5.92 Å². The predicted molar refractivity (Wildman–Crippen MR) is 102 cm³/mol. The molecule has 4 rings (SSSR count). The highest BCUT2D eigenvalue weighted by Crippen LogP contribution is 2.40. The molecule has 1 heterocycles. The highest BCUT2D eigenvalue weighted by Gasteiger charge is 2.30. The van der Waals surface area contributed by atoms with Crippen LogP contribution in [0.1, 0.15) is 36.4 Å². The van der Waals surface area contributed by atoms with E-state index in [9.17, 15) is 0 Å². The first kappa shape index (κ1) is 16.6. The second kappa shape index (κ2) is 8.03. The van der Waals surface area contributed by atoms with Gasteiger partial charge < -0.3 is 10.1 Å². The number of ether oxygens (including phenoxy) is 1. The highest BCUT2D eigenvalue weighted by molar-refractivity contribution is 5.31. The number of hydrogen-bond donors (Lipinski definition) is 1. The Morgan fingerprint density at radius 1 is 1.00 bits per heavy atom. The molecular weight excluding hydrogens is 308 g/mol. The van der Waals surface area contributed by atoms with Crippen LogP contribution in [0.3, 0.4) is 0 Å². The molecule has 0 bridgehead atoms. The Labute approximate surface area is 151 Å². The lowest BCUT2D eigenvalue weighted by molar-refractivity contribution is 0.160. The molecule has 0 radical (unpaired) electrons. The SMILES string of the molecule is c1ccc(COc2cccc([C@H](CC3CC3)N3CCNCC3)c2)cc1. The maximum absolute atomic E-state index is 6.06. The Morgan fingerprint density at radius 3 is 2.56 bits per heavy atom. The zero-order valence-corrected chi connectivity index (χ0v) is 14.9. The van der Waals surface area contributed by atoms with Gasteiger partial charge in [0.25, 0.3) is 0 Å². The topological polar surface area (TPSA) is 24.5 Å². The molecule has 1 N–H and O–H groups in total. The van der Waals surface area contributed by atoms with Crippen LogP contribution in [-0.4, -0.2) is 31.1 Å². The summed E-state index contributed by atoms with van der Waals surface area (Å²) in [6.45, 7) is 5.13. The third kappa shape index (κ3) is 4.62. The number of nitrogens with one attached hydrogen (secondary N) is 1. The molecule has 2 aliphatic rings. The van der Waals surface area contributed by atoms with Gasteiger partial charge in [0.1, 0.15) is 12.4 Å². The van der Waals surface area contributed by atoms with E-state index in [4.69, 9.17) is 4.74 Å². The molecule has 2 aromatic rings. The molecule has 1 aliphatic carbocycles. The Bertz CT molecular complexity index is 663. The molecule has 1 atom stereocenters. The maximum atomic E-state index is 6.06. The first-order valence-electron chi connectivity index (χ1n) is 9.60. The van der Waals surface area contributed by atoms with Crippen LogP contribution >= 0.6 is 0 Å². The fourth-order valence-corrected chi connectivity index (χ4v) is 3.71. The largest absolute Gasteiger partial charge is 0.489 e. The molecule has 2 aromatic carbocycles. The summed E-state index contributed by atoms with van der Waals surface area (Å²) in [5.74, 6) is 1.91. The van der Waals surface area contributed by atoms with Gasteiger partial charge >= 0.3 is 0 Å². The molecule has 0 aromatic heterocycles. The summed E-state index contributed by atoms with van der Waals surface area (Å²) >= 11 is 0. The molecule has 132 valence electrons. The van der Waals surface area contributed by atoms with Crippen molar-refractivity contribution in [1.82, 2.24) is 10.2 Å². The van der Waals surface area contributed by atoms with E-state index in [0.717, 1.165) is 37.8 Å². The average Bonchev–Trinajstić information content (AvgIpc) is 3.50. The molecule has 1 aliphatic heterocycles. The van der Waals surface area contributed by atoms with Crippen LogP contribution in [0.5, 0.6) is 5.75 Å². The lowest BCUT2D eigenvalue weighted by Crippen LogP contribution is -2.45. The molecule has 0 amide bonds. The second-order valence-electron chi connectivity index (χ2n) is 7.33. The summed E-state index contributed by atoms with van der Waals surface area (Å²) in [5, 5.41) is 3.47. The lowest BCUT2D eigenvalue weighted by atomic mass is 9.98. The summed E-state index contributed by atoms with van der Waals surface area (Å²) < 4.78 is 6.06. The third-order valence-corrected chi connectivity index (χ3v) is 5.34. The van der Waals surface area contributed by atoms with Gasteiger partial charge in [-0.1, -0.05) is 55.3 Å². The van der Waals surface area contributed by atoms with Crippen molar-refractivity contribution in [2.75, 3.05) is 26.2 Å². The van der Waals surface area contributed by atoms with E-state index in [1.807, 2.05) is 6.07 Å². The van der Waals surface area contributed by atoms with Crippen LogP contribution in [0.25, 0.3) is 0 Å². The Balaban J connectivity index is 1.47. The average molecular weight is 336 g/mol. The minimum Gasteiger partial charge on any atom is -0.489 e. The summed E-state index contributed by atoms with van der Waals surface area (Å²) in [7, 11) is 0. The van der Waals surface area contributed by atoms with Crippen LogP contribution in [-0.2, 0) is 6.61 Å². The second-order valence-corrected chi connectivity index (χ2v) is 7.33. The lowest BCUT2D eigenvalue weighted by Gasteiger charge is -2.35. The zero-order valence-electron chi connectivity index (χ0n) is 14.9. The summed E-state index contributed by atoms with van der Waals surface area (Å²) in [5.41, 5.74) is 2.63. The highest BCUT2D eigenvalue weighted by atomic mass is 16.5. The van der Waals surface area contributed by atoms with Crippen LogP contribution in [0.15, 0.2) is 54.6 Å². The van der Waals surface area contributed by atoms with Crippen molar-refractivity contribution in [2.24, 2.45) is 5.92 Å². The summed E-state index contributed by atoms with van der Waals surface area (Å²) in [6.07, 6.45) is 4.11. The first-order chi connectivity index (χ1) is 12.4. The quantitative estimate of drug-likeness (QED) is 0.827. The van der Waals surface area contributed by atoms with E-state index < -0.39 is 0 Å². The van der Waals surface area contributed by atoms with Gasteiger partial charge in [-0.2, -0.15) is 0 Å². The van der Waals surface area contributed by atoms with Gasteiger partial charge in [0.05, 0.1) is 0 Å². The third-order valence-electron chi connectivity index (χ3n) is 5.34. The molecule has 0 spiro atoms. The van der Waals surface area contributed by atoms with E-state index in [1.54, 1.807) is 0 Å². The minimum atomic E-state index is 0.537. The monoisotopic (exact) mass is 336 g/mol. The van der Waals surface area contributed by atoms with Crippen LogP contribution in [0.4, 0.5) is 0 Å². The van der Waals surface area contributed by atoms with Crippen molar-refractivity contribution >= 4 is 0 Å². The molecule has 1 saturated carbocycles. The molecule has 3 heteroatoms. The summed E-state index contributed by atoms with van der Waals surface area (Å²) in [4.78, 5) is 2.66. The molecule has 25 heavy (non-hydrogen) atoms. The van der Waals surface area contributed by atoms with Crippen molar-refractivity contribution in [3.63, 3.8) is 0 Å².